The molecule has 1 aliphatic heterocycles. The van der Waals surface area contributed by atoms with E-state index in [1.807, 2.05) is 30.3 Å². The first-order valence-corrected chi connectivity index (χ1v) is 9.32. The molecule has 1 fully saturated rings. The van der Waals surface area contributed by atoms with Gasteiger partial charge in [-0.3, -0.25) is 0 Å². The molecule has 0 saturated carbocycles. The van der Waals surface area contributed by atoms with E-state index in [0.29, 0.717) is 12.6 Å². The third-order valence-corrected chi connectivity index (χ3v) is 5.10. The number of nitrogens with one attached hydrogen (secondary N) is 2. The summed E-state index contributed by atoms with van der Waals surface area (Å²) >= 11 is 2.01. The average Bonchev–Trinajstić information content (AvgIpc) is 2.89. The topological polar surface area (TPSA) is 76.4 Å². The summed E-state index contributed by atoms with van der Waals surface area (Å²) in [5.41, 5.74) is 0. The number of hydrogen-bond acceptors (Lipinski definition) is 5. The Hall–Kier alpha value is -1.28. The second-order valence-electron chi connectivity index (χ2n) is 5.72. The third-order valence-electron chi connectivity index (χ3n) is 3.88. The minimum Gasteiger partial charge on any atom is -0.385 e. The molecule has 1 atom stereocenters. The van der Waals surface area contributed by atoms with Gasteiger partial charge in [0.25, 0.3) is 0 Å². The van der Waals surface area contributed by atoms with Gasteiger partial charge in [-0.1, -0.05) is 0 Å². The van der Waals surface area contributed by atoms with Gasteiger partial charge in [-0.25, -0.2) is 4.99 Å². The predicted octanol–water partition coefficient (Wildman–Crippen LogP) is 1.09. The Balaban J connectivity index is 1.92. The number of thioether (sulfide) groups is 1. The maximum atomic E-state index is 5.10. The number of methoxy groups -OCH3 is 1. The van der Waals surface area contributed by atoms with Crippen LogP contribution in [-0.2, 0) is 18.3 Å². The number of nitrogens with zero attached hydrogens (tertiary/aromatic N) is 4. The molecule has 7 nitrogen and oxygen atoms in total. The Morgan fingerprint density at radius 2 is 2.35 bits per heavy atom. The normalized spacial score (nSPS) is 18.9. The number of ether oxygens (including phenoxy) is 1. The van der Waals surface area contributed by atoms with E-state index in [-0.39, 0.29) is 0 Å². The summed E-state index contributed by atoms with van der Waals surface area (Å²) < 4.78 is 7.07. The van der Waals surface area contributed by atoms with Gasteiger partial charge in [0.15, 0.2) is 11.8 Å². The lowest BCUT2D eigenvalue weighted by Crippen LogP contribution is -2.46. The number of aryl methyl sites for hydroxylation is 1. The fourth-order valence-electron chi connectivity index (χ4n) is 2.36. The highest BCUT2D eigenvalue weighted by Gasteiger charge is 2.15. The summed E-state index contributed by atoms with van der Waals surface area (Å²) in [5.74, 6) is 5.04. The lowest BCUT2D eigenvalue weighted by atomic mass is 10.2. The molecule has 8 heteroatoms. The molecular formula is C15H28N6OS. The Kier molecular flexibility index (Phi) is 7.67. The molecule has 1 saturated heterocycles. The molecule has 0 radical (unpaired) electrons. The molecule has 2 N–H and O–H groups in total. The van der Waals surface area contributed by atoms with Crippen LogP contribution in [0.4, 0.5) is 0 Å². The minimum absolute atomic E-state index is 0.489. The number of hydrogen-bond donors (Lipinski definition) is 2. The van der Waals surface area contributed by atoms with Crippen molar-refractivity contribution < 1.29 is 4.74 Å². The molecule has 2 rings (SSSR count). The van der Waals surface area contributed by atoms with Gasteiger partial charge >= 0.3 is 0 Å². The summed E-state index contributed by atoms with van der Waals surface area (Å²) in [6.45, 7) is 4.07. The lowest BCUT2D eigenvalue weighted by molar-refractivity contribution is 0.195. The molecule has 23 heavy (non-hydrogen) atoms. The third kappa shape index (κ3) is 6.02. The summed E-state index contributed by atoms with van der Waals surface area (Å²) in [7, 11) is 3.69. The Labute approximate surface area is 142 Å². The van der Waals surface area contributed by atoms with Crippen molar-refractivity contribution >= 4 is 17.7 Å². The van der Waals surface area contributed by atoms with E-state index in [9.17, 15) is 0 Å². The quantitative estimate of drug-likeness (QED) is 0.440. The Morgan fingerprint density at radius 3 is 3.00 bits per heavy atom. The molecule has 0 amide bonds. The monoisotopic (exact) mass is 340 g/mol. The fraction of sp³-hybridized carbons (Fsp3) is 0.800. The first-order chi connectivity index (χ1) is 11.2. The second kappa shape index (κ2) is 9.77. The number of aromatic nitrogens is 3. The van der Waals surface area contributed by atoms with E-state index < -0.39 is 0 Å². The van der Waals surface area contributed by atoms with Crippen LogP contribution in [0.2, 0.25) is 0 Å². The van der Waals surface area contributed by atoms with Gasteiger partial charge in [0.05, 0.1) is 0 Å². The van der Waals surface area contributed by atoms with Crippen molar-refractivity contribution in [2.75, 3.05) is 31.8 Å². The Morgan fingerprint density at radius 1 is 1.48 bits per heavy atom. The number of rotatable bonds is 7. The van der Waals surface area contributed by atoms with Crippen LogP contribution in [0.3, 0.4) is 0 Å². The lowest BCUT2D eigenvalue weighted by Gasteiger charge is -2.24. The fourth-order valence-corrected chi connectivity index (χ4v) is 3.43. The average molecular weight is 340 g/mol. The molecule has 2 heterocycles. The molecule has 1 unspecified atom stereocenters. The highest BCUT2D eigenvalue weighted by molar-refractivity contribution is 7.99. The number of aliphatic imine (C=N–C) groups is 1. The van der Waals surface area contributed by atoms with E-state index in [1.165, 1.54) is 18.6 Å². The molecule has 0 aromatic carbocycles. The zero-order valence-electron chi connectivity index (χ0n) is 14.3. The predicted molar refractivity (Wildman–Crippen MR) is 94.9 cm³/mol. The van der Waals surface area contributed by atoms with Crippen molar-refractivity contribution in [3.05, 3.63) is 11.6 Å². The van der Waals surface area contributed by atoms with Gasteiger partial charge in [0.1, 0.15) is 12.4 Å². The van der Waals surface area contributed by atoms with E-state index in [1.54, 1.807) is 7.11 Å². The molecular weight excluding hydrogens is 312 g/mol. The zero-order valence-corrected chi connectivity index (χ0v) is 15.2. The summed E-state index contributed by atoms with van der Waals surface area (Å²) in [5, 5.41) is 15.2. The number of guanidine groups is 1. The van der Waals surface area contributed by atoms with Gasteiger partial charge in [-0.05, 0) is 31.9 Å². The van der Waals surface area contributed by atoms with Crippen LogP contribution in [0.15, 0.2) is 4.99 Å². The van der Waals surface area contributed by atoms with Crippen LogP contribution in [0.5, 0.6) is 0 Å². The van der Waals surface area contributed by atoms with Crippen molar-refractivity contribution in [2.45, 2.75) is 38.8 Å². The first kappa shape index (κ1) is 18.1. The summed E-state index contributed by atoms with van der Waals surface area (Å²) in [4.78, 5) is 4.68. The van der Waals surface area contributed by atoms with Gasteiger partial charge in [0.2, 0.25) is 0 Å². The van der Waals surface area contributed by atoms with Crippen LogP contribution in [0.1, 0.15) is 30.9 Å². The van der Waals surface area contributed by atoms with E-state index >= 15 is 0 Å². The highest BCUT2D eigenvalue weighted by atomic mass is 32.2. The maximum absolute atomic E-state index is 5.10. The van der Waals surface area contributed by atoms with E-state index in [4.69, 9.17) is 4.74 Å². The summed E-state index contributed by atoms with van der Waals surface area (Å²) in [6, 6.07) is 0.489. The highest BCUT2D eigenvalue weighted by Crippen LogP contribution is 2.16. The molecule has 130 valence electrons. The molecule has 1 aliphatic rings. The molecule has 1 aromatic rings. The van der Waals surface area contributed by atoms with Gasteiger partial charge < -0.3 is 19.9 Å². The SMILES string of the molecule is COCCCNC(=NCc1nnc(C)n1C)NC1CCCSC1. The smallest absolute Gasteiger partial charge is 0.191 e. The van der Waals surface area contributed by atoms with Crippen molar-refractivity contribution in [2.24, 2.45) is 12.0 Å². The standard InChI is InChI=1S/C15H28N6OS/c1-12-19-20-14(21(12)2)10-17-15(16-7-5-8-22-3)18-13-6-4-9-23-11-13/h13H,4-11H2,1-3H3,(H2,16,17,18). The Bertz CT molecular complexity index is 498. The zero-order chi connectivity index (χ0) is 16.5. The van der Waals surface area contributed by atoms with Gasteiger partial charge in [-0.15, -0.1) is 10.2 Å². The van der Waals surface area contributed by atoms with Gasteiger partial charge in [0, 0.05) is 39.1 Å². The molecule has 0 spiro atoms. The van der Waals surface area contributed by atoms with Gasteiger partial charge in [-0.2, -0.15) is 11.8 Å². The van der Waals surface area contributed by atoms with E-state index in [2.05, 4.69) is 25.8 Å². The molecule has 0 bridgehead atoms. The largest absolute Gasteiger partial charge is 0.385 e. The summed E-state index contributed by atoms with van der Waals surface area (Å²) in [6.07, 6.45) is 3.43. The van der Waals surface area contributed by atoms with Crippen LogP contribution in [0, 0.1) is 6.92 Å². The maximum Gasteiger partial charge on any atom is 0.191 e. The van der Waals surface area contributed by atoms with Crippen molar-refractivity contribution in [1.82, 2.24) is 25.4 Å². The van der Waals surface area contributed by atoms with Crippen molar-refractivity contribution in [3.8, 4) is 0 Å². The minimum atomic E-state index is 0.489. The van der Waals surface area contributed by atoms with Crippen LogP contribution < -0.4 is 10.6 Å². The van der Waals surface area contributed by atoms with Crippen LogP contribution >= 0.6 is 11.8 Å². The first-order valence-electron chi connectivity index (χ1n) is 8.17. The van der Waals surface area contributed by atoms with Crippen LogP contribution in [0.25, 0.3) is 0 Å². The van der Waals surface area contributed by atoms with E-state index in [0.717, 1.165) is 42.9 Å². The van der Waals surface area contributed by atoms with Crippen molar-refractivity contribution in [1.29, 1.82) is 0 Å². The molecule has 0 aliphatic carbocycles. The van der Waals surface area contributed by atoms with Crippen molar-refractivity contribution in [3.63, 3.8) is 0 Å². The molecule has 1 aromatic heterocycles. The van der Waals surface area contributed by atoms with Crippen LogP contribution in [-0.4, -0.2) is 58.5 Å². The second-order valence-corrected chi connectivity index (χ2v) is 6.87.